The number of nitriles is 1. The summed E-state index contributed by atoms with van der Waals surface area (Å²) < 4.78 is 30.7. The standard InChI is InChI=1S/C27H32N4O3S/c1-26(2,34-23-11-7-6-10-22(23)19-8-4-3-5-9-19)25(30-17-28)31-24-20-12-18-13-21(24)16-27(14-18,15-20)35(29,32)33/h3-11,18,20-21,24H,12-16H2,1-2H3,(H,30,31)(H2,29,32,33). The van der Waals surface area contributed by atoms with Gasteiger partial charge in [0.05, 0.1) is 10.8 Å². The third-order valence-electron chi connectivity index (χ3n) is 8.13. The predicted molar refractivity (Wildman–Crippen MR) is 136 cm³/mol. The summed E-state index contributed by atoms with van der Waals surface area (Å²) in [6.45, 7) is 3.81. The lowest BCUT2D eigenvalue weighted by Crippen LogP contribution is -2.61. The van der Waals surface area contributed by atoms with Gasteiger partial charge in [-0.05, 0) is 75.3 Å². The molecule has 4 aliphatic carbocycles. The van der Waals surface area contributed by atoms with E-state index < -0.39 is 20.4 Å². The molecule has 2 aromatic rings. The molecule has 0 amide bonds. The van der Waals surface area contributed by atoms with E-state index in [4.69, 9.17) is 14.9 Å². The van der Waals surface area contributed by atoms with Crippen molar-refractivity contribution in [1.29, 1.82) is 5.26 Å². The SMILES string of the molecule is CC(C)(Oc1ccccc1-c1ccccc1)C(=NC1C2CC3CC1CC(S(N)(=O)=O)(C3)C2)NC#N. The van der Waals surface area contributed by atoms with Gasteiger partial charge in [-0.3, -0.25) is 10.3 Å². The third kappa shape index (κ3) is 4.32. The van der Waals surface area contributed by atoms with Crippen molar-refractivity contribution in [2.24, 2.45) is 27.9 Å². The zero-order chi connectivity index (χ0) is 24.8. The molecule has 3 N–H and O–H groups in total. The summed E-state index contributed by atoms with van der Waals surface area (Å²) in [6, 6.07) is 17.8. The Morgan fingerprint density at radius 2 is 1.71 bits per heavy atom. The number of para-hydroxylation sites is 1. The molecule has 0 aromatic heterocycles. The zero-order valence-corrected chi connectivity index (χ0v) is 21.0. The van der Waals surface area contributed by atoms with Gasteiger partial charge in [-0.2, -0.15) is 5.26 Å². The number of hydrogen-bond donors (Lipinski definition) is 2. The minimum Gasteiger partial charge on any atom is -0.479 e. The van der Waals surface area contributed by atoms with Gasteiger partial charge in [0.2, 0.25) is 10.0 Å². The molecule has 7 nitrogen and oxygen atoms in total. The van der Waals surface area contributed by atoms with Crippen LogP contribution in [-0.2, 0) is 10.0 Å². The second-order valence-corrected chi connectivity index (χ2v) is 12.8. The molecular formula is C27H32N4O3S. The number of rotatable bonds is 6. The Morgan fingerprint density at radius 3 is 2.34 bits per heavy atom. The van der Waals surface area contributed by atoms with Gasteiger partial charge in [-0.15, -0.1) is 0 Å². The van der Waals surface area contributed by atoms with Crippen LogP contribution in [-0.4, -0.2) is 30.6 Å². The first-order valence-corrected chi connectivity index (χ1v) is 13.8. The summed E-state index contributed by atoms with van der Waals surface area (Å²) in [5.41, 5.74) is 1.09. The molecule has 35 heavy (non-hydrogen) atoms. The van der Waals surface area contributed by atoms with E-state index >= 15 is 0 Å². The number of nitrogens with zero attached hydrogens (tertiary/aromatic N) is 2. The summed E-state index contributed by atoms with van der Waals surface area (Å²) >= 11 is 0. The minimum atomic E-state index is -3.63. The molecule has 2 unspecified atom stereocenters. The van der Waals surface area contributed by atoms with Crippen LogP contribution in [0.2, 0.25) is 0 Å². The number of aliphatic imine (C=N–C) groups is 1. The van der Waals surface area contributed by atoms with E-state index in [0.29, 0.717) is 36.8 Å². The first-order chi connectivity index (χ1) is 16.6. The van der Waals surface area contributed by atoms with E-state index in [-0.39, 0.29) is 17.9 Å². The molecule has 4 bridgehead atoms. The Bertz CT molecular complexity index is 1270. The van der Waals surface area contributed by atoms with Crippen molar-refractivity contribution in [3.05, 3.63) is 54.6 Å². The number of nitrogens with two attached hydrogens (primary N) is 1. The van der Waals surface area contributed by atoms with E-state index in [1.165, 1.54) is 0 Å². The highest BCUT2D eigenvalue weighted by atomic mass is 32.2. The fraction of sp³-hybridized carbons (Fsp3) is 0.481. The fourth-order valence-corrected chi connectivity index (χ4v) is 8.12. The smallest absolute Gasteiger partial charge is 0.214 e. The monoisotopic (exact) mass is 492 g/mol. The fourth-order valence-electron chi connectivity index (χ4n) is 6.76. The van der Waals surface area contributed by atoms with Gasteiger partial charge >= 0.3 is 0 Å². The number of sulfonamides is 1. The molecule has 6 rings (SSSR count). The van der Waals surface area contributed by atoms with Crippen molar-refractivity contribution in [3.63, 3.8) is 0 Å². The summed E-state index contributed by atoms with van der Waals surface area (Å²) in [6.07, 6.45) is 5.71. The number of ether oxygens (including phenoxy) is 1. The van der Waals surface area contributed by atoms with Crippen LogP contribution in [0.1, 0.15) is 46.0 Å². The highest BCUT2D eigenvalue weighted by molar-refractivity contribution is 7.90. The Kier molecular flexibility index (Phi) is 5.89. The Hall–Kier alpha value is -2.89. The molecule has 184 valence electrons. The van der Waals surface area contributed by atoms with E-state index in [9.17, 15) is 13.7 Å². The van der Waals surface area contributed by atoms with E-state index in [1.807, 2.05) is 74.6 Å². The normalized spacial score (nSPS) is 30.1. The molecule has 0 aliphatic heterocycles. The van der Waals surface area contributed by atoms with Crippen molar-refractivity contribution in [3.8, 4) is 23.1 Å². The lowest BCUT2D eigenvalue weighted by molar-refractivity contribution is 0.0138. The Balaban J connectivity index is 1.45. The molecule has 4 aliphatic rings. The number of nitrogens with one attached hydrogen (secondary N) is 1. The molecule has 4 saturated carbocycles. The largest absolute Gasteiger partial charge is 0.479 e. The summed E-state index contributed by atoms with van der Waals surface area (Å²) in [5, 5.41) is 18.0. The van der Waals surface area contributed by atoms with Crippen LogP contribution >= 0.6 is 0 Å². The zero-order valence-electron chi connectivity index (χ0n) is 20.1. The van der Waals surface area contributed by atoms with Gasteiger partial charge in [-0.25, -0.2) is 13.6 Å². The molecular weight excluding hydrogens is 460 g/mol. The van der Waals surface area contributed by atoms with Crippen molar-refractivity contribution < 1.29 is 13.2 Å². The van der Waals surface area contributed by atoms with Gasteiger partial charge in [0.15, 0.2) is 17.6 Å². The average Bonchev–Trinajstić information content (AvgIpc) is 2.80. The maximum Gasteiger partial charge on any atom is 0.214 e. The topological polar surface area (TPSA) is 118 Å². The van der Waals surface area contributed by atoms with Crippen molar-refractivity contribution in [2.45, 2.75) is 62.3 Å². The van der Waals surface area contributed by atoms with Gasteiger partial charge in [0, 0.05) is 5.56 Å². The van der Waals surface area contributed by atoms with E-state index in [2.05, 4.69) is 5.32 Å². The number of amidine groups is 1. The first-order valence-electron chi connectivity index (χ1n) is 12.2. The quantitative estimate of drug-likeness (QED) is 0.271. The highest BCUT2D eigenvalue weighted by Gasteiger charge is 2.60. The van der Waals surface area contributed by atoms with Gasteiger partial charge in [0.25, 0.3) is 0 Å². The van der Waals surface area contributed by atoms with Crippen LogP contribution in [0.5, 0.6) is 5.75 Å². The van der Waals surface area contributed by atoms with Crippen LogP contribution in [0, 0.1) is 29.2 Å². The summed E-state index contributed by atoms with van der Waals surface area (Å²) in [7, 11) is -3.63. The third-order valence-corrected chi connectivity index (χ3v) is 9.84. The molecule has 0 saturated heterocycles. The maximum absolute atomic E-state index is 12.5. The number of primary sulfonamides is 1. The molecule has 0 radical (unpaired) electrons. The van der Waals surface area contributed by atoms with Crippen LogP contribution in [0.15, 0.2) is 59.6 Å². The van der Waals surface area contributed by atoms with Crippen LogP contribution in [0.3, 0.4) is 0 Å². The first kappa shape index (κ1) is 23.8. The number of hydrogen-bond acceptors (Lipinski definition) is 5. The maximum atomic E-state index is 12.5. The summed E-state index contributed by atoms with van der Waals surface area (Å²) in [5.74, 6) is 1.83. The number of benzene rings is 2. The Labute approximate surface area is 207 Å². The summed E-state index contributed by atoms with van der Waals surface area (Å²) in [4.78, 5) is 5.07. The van der Waals surface area contributed by atoms with Crippen molar-refractivity contribution >= 4 is 15.9 Å². The molecule has 8 heteroatoms. The lowest BCUT2D eigenvalue weighted by atomic mass is 9.54. The van der Waals surface area contributed by atoms with Crippen molar-refractivity contribution in [1.82, 2.24) is 5.32 Å². The average molecular weight is 493 g/mol. The second kappa shape index (κ2) is 8.65. The van der Waals surface area contributed by atoms with Crippen LogP contribution < -0.4 is 15.2 Å². The van der Waals surface area contributed by atoms with Crippen LogP contribution in [0.4, 0.5) is 0 Å². The lowest BCUT2D eigenvalue weighted by Gasteiger charge is -2.57. The molecule has 4 fully saturated rings. The van der Waals surface area contributed by atoms with Crippen LogP contribution in [0.25, 0.3) is 11.1 Å². The predicted octanol–water partition coefficient (Wildman–Crippen LogP) is 4.22. The second-order valence-electron chi connectivity index (χ2n) is 10.9. The minimum absolute atomic E-state index is 0.0514. The van der Waals surface area contributed by atoms with E-state index in [1.54, 1.807) is 0 Å². The molecule has 2 aromatic carbocycles. The highest BCUT2D eigenvalue weighted by Crippen LogP contribution is 2.59. The Morgan fingerprint density at radius 1 is 1.09 bits per heavy atom. The van der Waals surface area contributed by atoms with Gasteiger partial charge in [-0.1, -0.05) is 48.5 Å². The van der Waals surface area contributed by atoms with E-state index in [0.717, 1.165) is 24.0 Å². The molecule has 2 atom stereocenters. The molecule has 0 heterocycles. The molecule has 0 spiro atoms. The van der Waals surface area contributed by atoms with Crippen molar-refractivity contribution in [2.75, 3.05) is 0 Å². The van der Waals surface area contributed by atoms with Gasteiger partial charge < -0.3 is 4.74 Å². The van der Waals surface area contributed by atoms with Gasteiger partial charge in [0.1, 0.15) is 5.75 Å².